The lowest BCUT2D eigenvalue weighted by molar-refractivity contribution is -0.117. The summed E-state index contributed by atoms with van der Waals surface area (Å²) in [7, 11) is 0. The SMILES string of the molecule is CC(C)(C)OC(=O)N(C1CCCCC1)C(C=O)C1CCC1. The average Bonchev–Trinajstić information content (AvgIpc) is 2.34. The van der Waals surface area contributed by atoms with Crippen molar-refractivity contribution in [1.82, 2.24) is 4.90 Å². The lowest BCUT2D eigenvalue weighted by Crippen LogP contribution is -2.54. The summed E-state index contributed by atoms with van der Waals surface area (Å²) in [6.07, 6.45) is 9.44. The van der Waals surface area contributed by atoms with Gasteiger partial charge in [0.2, 0.25) is 0 Å². The molecular formula is C17H29NO3. The first kappa shape index (κ1) is 16.3. The normalized spacial score (nSPS) is 22.2. The second-order valence-corrected chi connectivity index (χ2v) is 7.50. The van der Waals surface area contributed by atoms with Crippen LogP contribution in [0.5, 0.6) is 0 Å². The Morgan fingerprint density at radius 1 is 1.10 bits per heavy atom. The summed E-state index contributed by atoms with van der Waals surface area (Å²) >= 11 is 0. The minimum absolute atomic E-state index is 0.171. The number of hydrogen-bond donors (Lipinski definition) is 0. The van der Waals surface area contributed by atoms with Crippen molar-refractivity contribution in [2.24, 2.45) is 5.92 Å². The zero-order chi connectivity index (χ0) is 15.5. The second-order valence-electron chi connectivity index (χ2n) is 7.50. The van der Waals surface area contributed by atoms with Gasteiger partial charge in [-0.05, 0) is 52.4 Å². The molecule has 0 aromatic heterocycles. The molecule has 0 aromatic carbocycles. The van der Waals surface area contributed by atoms with E-state index in [0.29, 0.717) is 5.92 Å². The van der Waals surface area contributed by atoms with Crippen molar-refractivity contribution in [3.8, 4) is 0 Å². The van der Waals surface area contributed by atoms with Crippen LogP contribution in [0.2, 0.25) is 0 Å². The van der Waals surface area contributed by atoms with E-state index in [4.69, 9.17) is 4.74 Å². The summed E-state index contributed by atoms with van der Waals surface area (Å²) in [6.45, 7) is 5.63. The van der Waals surface area contributed by atoms with Crippen molar-refractivity contribution in [1.29, 1.82) is 0 Å². The summed E-state index contributed by atoms with van der Waals surface area (Å²) in [5.41, 5.74) is -0.517. The summed E-state index contributed by atoms with van der Waals surface area (Å²) in [4.78, 5) is 26.1. The molecule has 0 bridgehead atoms. The Kier molecular flexibility index (Phi) is 5.28. The van der Waals surface area contributed by atoms with Crippen LogP contribution in [0.3, 0.4) is 0 Å². The van der Waals surface area contributed by atoms with Crippen LogP contribution in [0.15, 0.2) is 0 Å². The van der Waals surface area contributed by atoms with Crippen molar-refractivity contribution in [2.45, 2.75) is 89.8 Å². The molecular weight excluding hydrogens is 266 g/mol. The smallest absolute Gasteiger partial charge is 0.411 e. The third-order valence-electron chi connectivity index (χ3n) is 4.67. The van der Waals surface area contributed by atoms with E-state index < -0.39 is 5.60 Å². The van der Waals surface area contributed by atoms with Crippen LogP contribution in [-0.4, -0.2) is 35.0 Å². The molecule has 0 N–H and O–H groups in total. The minimum atomic E-state index is -0.517. The van der Waals surface area contributed by atoms with Gasteiger partial charge in [0.15, 0.2) is 0 Å². The van der Waals surface area contributed by atoms with Gasteiger partial charge in [-0.15, -0.1) is 0 Å². The maximum Gasteiger partial charge on any atom is 0.411 e. The monoisotopic (exact) mass is 295 g/mol. The molecule has 21 heavy (non-hydrogen) atoms. The molecule has 1 atom stereocenters. The largest absolute Gasteiger partial charge is 0.444 e. The molecule has 4 nitrogen and oxygen atoms in total. The Morgan fingerprint density at radius 3 is 2.14 bits per heavy atom. The Morgan fingerprint density at radius 2 is 1.71 bits per heavy atom. The van der Waals surface area contributed by atoms with E-state index in [9.17, 15) is 9.59 Å². The fourth-order valence-electron chi connectivity index (χ4n) is 3.37. The Hall–Kier alpha value is -1.06. The second kappa shape index (κ2) is 6.80. The third-order valence-corrected chi connectivity index (χ3v) is 4.67. The van der Waals surface area contributed by atoms with Gasteiger partial charge in [-0.25, -0.2) is 4.79 Å². The number of ether oxygens (including phenoxy) is 1. The predicted octanol–water partition coefficient (Wildman–Crippen LogP) is 3.92. The topological polar surface area (TPSA) is 46.6 Å². The highest BCUT2D eigenvalue weighted by Crippen LogP contribution is 2.35. The highest BCUT2D eigenvalue weighted by atomic mass is 16.6. The minimum Gasteiger partial charge on any atom is -0.444 e. The van der Waals surface area contributed by atoms with Crippen molar-refractivity contribution in [2.75, 3.05) is 0 Å². The fraction of sp³-hybridized carbons (Fsp3) is 0.882. The first-order chi connectivity index (χ1) is 9.92. The standard InChI is InChI=1S/C17H29NO3/c1-17(2,3)21-16(20)18(14-10-5-4-6-11-14)15(12-19)13-8-7-9-13/h12-15H,4-11H2,1-3H3. The van der Waals surface area contributed by atoms with Crippen molar-refractivity contribution in [3.05, 3.63) is 0 Å². The molecule has 2 aliphatic rings. The maximum absolute atomic E-state index is 12.6. The lowest BCUT2D eigenvalue weighted by atomic mass is 9.78. The van der Waals surface area contributed by atoms with E-state index in [1.54, 1.807) is 4.90 Å². The molecule has 0 aliphatic heterocycles. The molecule has 120 valence electrons. The number of rotatable bonds is 4. The van der Waals surface area contributed by atoms with Gasteiger partial charge in [0.25, 0.3) is 0 Å². The van der Waals surface area contributed by atoms with Gasteiger partial charge < -0.3 is 9.53 Å². The molecule has 0 saturated heterocycles. The first-order valence-corrected chi connectivity index (χ1v) is 8.39. The quantitative estimate of drug-likeness (QED) is 0.738. The summed E-state index contributed by atoms with van der Waals surface area (Å²) in [5.74, 6) is 0.331. The van der Waals surface area contributed by atoms with Crippen LogP contribution >= 0.6 is 0 Å². The van der Waals surface area contributed by atoms with Gasteiger partial charge >= 0.3 is 6.09 Å². The molecule has 0 heterocycles. The Balaban J connectivity index is 2.15. The highest BCUT2D eigenvalue weighted by molar-refractivity contribution is 5.74. The molecule has 4 heteroatoms. The molecule has 0 radical (unpaired) electrons. The van der Waals surface area contributed by atoms with Crippen LogP contribution in [0.1, 0.15) is 72.1 Å². The molecule has 2 fully saturated rings. The molecule has 2 rings (SSSR count). The number of hydrogen-bond acceptors (Lipinski definition) is 3. The first-order valence-electron chi connectivity index (χ1n) is 8.39. The predicted molar refractivity (Wildman–Crippen MR) is 82.1 cm³/mol. The summed E-state index contributed by atoms with van der Waals surface area (Å²) < 4.78 is 5.58. The third kappa shape index (κ3) is 4.21. The van der Waals surface area contributed by atoms with Crippen LogP contribution in [0.25, 0.3) is 0 Å². The molecule has 1 amide bonds. The Labute approximate surface area is 128 Å². The molecule has 0 aromatic rings. The van der Waals surface area contributed by atoms with E-state index in [-0.39, 0.29) is 18.2 Å². The van der Waals surface area contributed by atoms with Crippen LogP contribution in [0, 0.1) is 5.92 Å². The maximum atomic E-state index is 12.6. The zero-order valence-corrected chi connectivity index (χ0v) is 13.6. The average molecular weight is 295 g/mol. The highest BCUT2D eigenvalue weighted by Gasteiger charge is 2.40. The van der Waals surface area contributed by atoms with Gasteiger partial charge in [-0.2, -0.15) is 0 Å². The van der Waals surface area contributed by atoms with Crippen LogP contribution in [0.4, 0.5) is 4.79 Å². The number of aldehydes is 1. The van der Waals surface area contributed by atoms with E-state index in [2.05, 4.69) is 0 Å². The zero-order valence-electron chi connectivity index (χ0n) is 13.6. The number of carbonyl (C=O) groups excluding carboxylic acids is 2. The van der Waals surface area contributed by atoms with E-state index >= 15 is 0 Å². The van der Waals surface area contributed by atoms with Crippen molar-refractivity contribution in [3.63, 3.8) is 0 Å². The van der Waals surface area contributed by atoms with Gasteiger partial charge in [0, 0.05) is 6.04 Å². The van der Waals surface area contributed by atoms with Gasteiger partial charge in [-0.3, -0.25) is 4.90 Å². The number of carbonyl (C=O) groups is 2. The van der Waals surface area contributed by atoms with E-state index in [1.807, 2.05) is 20.8 Å². The van der Waals surface area contributed by atoms with Gasteiger partial charge in [0.1, 0.15) is 11.9 Å². The molecule has 1 unspecified atom stereocenters. The molecule has 2 aliphatic carbocycles. The number of nitrogens with zero attached hydrogens (tertiary/aromatic N) is 1. The van der Waals surface area contributed by atoms with Crippen LogP contribution in [-0.2, 0) is 9.53 Å². The lowest BCUT2D eigenvalue weighted by Gasteiger charge is -2.43. The number of amides is 1. The fourth-order valence-corrected chi connectivity index (χ4v) is 3.37. The van der Waals surface area contributed by atoms with Crippen molar-refractivity contribution < 1.29 is 14.3 Å². The van der Waals surface area contributed by atoms with Crippen molar-refractivity contribution >= 4 is 12.4 Å². The molecule has 2 saturated carbocycles. The van der Waals surface area contributed by atoms with Crippen LogP contribution < -0.4 is 0 Å². The van der Waals surface area contributed by atoms with E-state index in [0.717, 1.165) is 44.8 Å². The van der Waals surface area contributed by atoms with E-state index in [1.165, 1.54) is 12.8 Å². The summed E-state index contributed by atoms with van der Waals surface area (Å²) in [6, 6.07) is -0.124. The Bertz CT molecular complexity index is 365. The van der Waals surface area contributed by atoms with Gasteiger partial charge in [-0.1, -0.05) is 25.7 Å². The molecule has 0 spiro atoms. The summed E-state index contributed by atoms with van der Waals surface area (Å²) in [5, 5.41) is 0. The van der Waals surface area contributed by atoms with Gasteiger partial charge in [0.05, 0.1) is 6.04 Å².